The first kappa shape index (κ1) is 12.0. The van der Waals surface area contributed by atoms with Crippen LogP contribution in [-0.4, -0.2) is 29.0 Å². The second-order valence-electron chi connectivity index (χ2n) is 3.34. The lowest BCUT2D eigenvalue weighted by Gasteiger charge is -2.27. The van der Waals surface area contributed by atoms with Crippen molar-refractivity contribution in [1.82, 2.24) is 9.99 Å². The van der Waals surface area contributed by atoms with Crippen LogP contribution in [0.4, 0.5) is 5.69 Å². The van der Waals surface area contributed by atoms with Gasteiger partial charge in [-0.1, -0.05) is 0 Å². The summed E-state index contributed by atoms with van der Waals surface area (Å²) in [5.41, 5.74) is 1.79. The summed E-state index contributed by atoms with van der Waals surface area (Å²) in [5, 5.41) is 13.5. The van der Waals surface area contributed by atoms with Gasteiger partial charge >= 0.3 is 0 Å². The van der Waals surface area contributed by atoms with E-state index in [0.29, 0.717) is 0 Å². The highest BCUT2D eigenvalue weighted by Gasteiger charge is 2.04. The molecule has 1 rings (SSSR count). The Morgan fingerprint density at radius 1 is 1.44 bits per heavy atom. The molecule has 0 aliphatic carbocycles. The Hall–Kier alpha value is -2.11. The summed E-state index contributed by atoms with van der Waals surface area (Å²) in [5.74, 6) is 0. The van der Waals surface area contributed by atoms with Gasteiger partial charge in [-0.15, -0.1) is 0 Å². The van der Waals surface area contributed by atoms with E-state index in [4.69, 9.17) is 0 Å². The lowest BCUT2D eigenvalue weighted by molar-refractivity contribution is -0.403. The van der Waals surface area contributed by atoms with Crippen LogP contribution < -0.4 is 5.01 Å². The number of hydrogen-bond acceptors (Lipinski definition) is 5. The maximum absolute atomic E-state index is 10.2. The van der Waals surface area contributed by atoms with Crippen LogP contribution in [0.5, 0.6) is 0 Å². The van der Waals surface area contributed by atoms with Crippen molar-refractivity contribution < 1.29 is 4.92 Å². The van der Waals surface area contributed by atoms with Gasteiger partial charge in [-0.2, -0.15) is 0 Å². The number of hydrazine groups is 1. The molecule has 0 bridgehead atoms. The predicted molar refractivity (Wildman–Crippen MR) is 61.3 cm³/mol. The van der Waals surface area contributed by atoms with Gasteiger partial charge in [0.25, 0.3) is 6.20 Å². The number of pyridine rings is 1. The van der Waals surface area contributed by atoms with Crippen LogP contribution in [0.2, 0.25) is 0 Å². The quantitative estimate of drug-likeness (QED) is 0.569. The first-order valence-electron chi connectivity index (χ1n) is 4.71. The number of aryl methyl sites for hydroxylation is 1. The lowest BCUT2D eigenvalue weighted by Crippen LogP contribution is -2.32. The van der Waals surface area contributed by atoms with Crippen molar-refractivity contribution in [3.8, 4) is 0 Å². The molecule has 0 N–H and O–H groups in total. The fourth-order valence-electron chi connectivity index (χ4n) is 1.08. The summed E-state index contributed by atoms with van der Waals surface area (Å²) in [4.78, 5) is 13.8. The van der Waals surface area contributed by atoms with Crippen LogP contribution >= 0.6 is 0 Å². The average Bonchev–Trinajstić information content (AvgIpc) is 2.26. The average molecular weight is 222 g/mol. The van der Waals surface area contributed by atoms with Gasteiger partial charge in [-0.05, 0) is 19.1 Å². The van der Waals surface area contributed by atoms with Gasteiger partial charge in [0.15, 0.2) is 0 Å². The molecule has 86 valence electrons. The van der Waals surface area contributed by atoms with Crippen LogP contribution in [0.1, 0.15) is 5.69 Å². The highest BCUT2D eigenvalue weighted by Crippen LogP contribution is 2.12. The van der Waals surface area contributed by atoms with Gasteiger partial charge in [0.2, 0.25) is 0 Å². The molecular weight excluding hydrogens is 208 g/mol. The highest BCUT2D eigenvalue weighted by molar-refractivity contribution is 5.42. The molecule has 0 aliphatic rings. The minimum atomic E-state index is -0.502. The Morgan fingerprint density at radius 2 is 2.12 bits per heavy atom. The Bertz CT molecular complexity index is 388. The SMILES string of the molecule is Cc1ccc(N(C)N(C)C=C[N+](=O)[O-])cn1. The zero-order valence-electron chi connectivity index (χ0n) is 9.49. The first-order chi connectivity index (χ1) is 7.50. The minimum absolute atomic E-state index is 0.502. The standard InChI is InChI=1S/C10H14N4O2/c1-9-4-5-10(8-11-9)13(3)12(2)6-7-14(15)16/h4-8H,1-3H3. The molecule has 0 unspecified atom stereocenters. The van der Waals surface area contributed by atoms with Crippen LogP contribution in [0.25, 0.3) is 0 Å². The summed E-state index contributed by atoms with van der Waals surface area (Å²) in [7, 11) is 3.52. The number of rotatable bonds is 4. The van der Waals surface area contributed by atoms with Crippen LogP contribution in [0.15, 0.2) is 30.7 Å². The molecule has 0 radical (unpaired) electrons. The summed E-state index contributed by atoms with van der Waals surface area (Å²) in [6, 6.07) is 3.79. The van der Waals surface area contributed by atoms with Gasteiger partial charge in [0, 0.05) is 19.8 Å². The fourth-order valence-corrected chi connectivity index (χ4v) is 1.08. The maximum Gasteiger partial charge on any atom is 0.252 e. The lowest BCUT2D eigenvalue weighted by atomic mass is 10.3. The van der Waals surface area contributed by atoms with Crippen molar-refractivity contribution in [2.75, 3.05) is 19.1 Å². The van der Waals surface area contributed by atoms with E-state index < -0.39 is 4.92 Å². The molecule has 0 aliphatic heterocycles. The molecule has 0 amide bonds. The van der Waals surface area contributed by atoms with Gasteiger partial charge in [0.1, 0.15) is 0 Å². The number of nitro groups is 1. The van der Waals surface area contributed by atoms with E-state index in [-0.39, 0.29) is 0 Å². The van der Waals surface area contributed by atoms with E-state index in [1.165, 1.54) is 6.20 Å². The third kappa shape index (κ3) is 3.23. The van der Waals surface area contributed by atoms with Crippen molar-refractivity contribution in [2.24, 2.45) is 0 Å². The van der Waals surface area contributed by atoms with Gasteiger partial charge < -0.3 is 0 Å². The van der Waals surface area contributed by atoms with Gasteiger partial charge in [-0.3, -0.25) is 25.1 Å². The number of aromatic nitrogens is 1. The van der Waals surface area contributed by atoms with E-state index in [2.05, 4.69) is 4.98 Å². The number of nitrogens with zero attached hydrogens (tertiary/aromatic N) is 4. The zero-order valence-corrected chi connectivity index (χ0v) is 9.49. The molecule has 1 aromatic heterocycles. The van der Waals surface area contributed by atoms with E-state index in [9.17, 15) is 10.1 Å². The van der Waals surface area contributed by atoms with Crippen LogP contribution in [-0.2, 0) is 0 Å². The molecule has 6 nitrogen and oxygen atoms in total. The second-order valence-corrected chi connectivity index (χ2v) is 3.34. The van der Waals surface area contributed by atoms with Crippen molar-refractivity contribution in [3.63, 3.8) is 0 Å². The molecular formula is C10H14N4O2. The van der Waals surface area contributed by atoms with Gasteiger partial charge in [-0.25, -0.2) is 0 Å². The third-order valence-electron chi connectivity index (χ3n) is 2.15. The van der Waals surface area contributed by atoms with E-state index in [1.54, 1.807) is 30.3 Å². The van der Waals surface area contributed by atoms with E-state index in [1.807, 2.05) is 19.1 Å². The summed E-state index contributed by atoms with van der Waals surface area (Å²) < 4.78 is 0. The molecule has 0 saturated carbocycles. The monoisotopic (exact) mass is 222 g/mol. The maximum atomic E-state index is 10.2. The summed E-state index contributed by atoms with van der Waals surface area (Å²) >= 11 is 0. The Balaban J connectivity index is 2.73. The van der Waals surface area contributed by atoms with Crippen molar-refractivity contribution >= 4 is 5.69 Å². The summed E-state index contributed by atoms with van der Waals surface area (Å²) in [6.45, 7) is 1.90. The molecule has 1 aromatic rings. The van der Waals surface area contributed by atoms with Crippen molar-refractivity contribution in [1.29, 1.82) is 0 Å². The topological polar surface area (TPSA) is 62.5 Å². The molecule has 0 spiro atoms. The fraction of sp³-hybridized carbons (Fsp3) is 0.300. The van der Waals surface area contributed by atoms with Crippen LogP contribution in [0.3, 0.4) is 0 Å². The van der Waals surface area contributed by atoms with Crippen molar-refractivity contribution in [2.45, 2.75) is 6.92 Å². The van der Waals surface area contributed by atoms with Gasteiger partial charge in [0.05, 0.1) is 23.0 Å². The molecule has 1 heterocycles. The molecule has 0 aromatic carbocycles. The molecule has 0 atom stereocenters. The molecule has 0 saturated heterocycles. The predicted octanol–water partition coefficient (Wildman–Crippen LogP) is 1.42. The third-order valence-corrected chi connectivity index (χ3v) is 2.15. The number of anilines is 1. The normalized spacial score (nSPS) is 10.4. The molecule has 6 heteroatoms. The summed E-state index contributed by atoms with van der Waals surface area (Å²) in [6.07, 6.45) is 3.98. The largest absolute Gasteiger partial charge is 0.290 e. The Labute approximate surface area is 93.9 Å². The first-order valence-corrected chi connectivity index (χ1v) is 4.71. The number of hydrogen-bond donors (Lipinski definition) is 0. The highest BCUT2D eigenvalue weighted by atomic mass is 16.6. The second kappa shape index (κ2) is 5.11. The minimum Gasteiger partial charge on any atom is -0.290 e. The van der Waals surface area contributed by atoms with E-state index in [0.717, 1.165) is 17.6 Å². The smallest absolute Gasteiger partial charge is 0.252 e. The Kier molecular flexibility index (Phi) is 3.82. The molecule has 16 heavy (non-hydrogen) atoms. The van der Waals surface area contributed by atoms with Crippen LogP contribution in [0, 0.1) is 17.0 Å². The Morgan fingerprint density at radius 3 is 2.62 bits per heavy atom. The van der Waals surface area contributed by atoms with E-state index >= 15 is 0 Å². The molecule has 0 fully saturated rings. The van der Waals surface area contributed by atoms with Crippen molar-refractivity contribution in [3.05, 3.63) is 46.5 Å². The zero-order chi connectivity index (χ0) is 12.1.